The van der Waals surface area contributed by atoms with Crippen molar-refractivity contribution in [2.75, 3.05) is 4.72 Å². The van der Waals surface area contributed by atoms with Crippen LogP contribution < -0.4 is 4.72 Å². The molecule has 6 heteroatoms. The normalized spacial score (nSPS) is 11.6. The number of benzene rings is 1. The molecule has 2 rings (SSSR count). The quantitative estimate of drug-likeness (QED) is 0.833. The second-order valence-electron chi connectivity index (χ2n) is 4.52. The van der Waals surface area contributed by atoms with Crippen LogP contribution in [0.3, 0.4) is 0 Å². The van der Waals surface area contributed by atoms with Crippen molar-refractivity contribution < 1.29 is 8.42 Å². The van der Waals surface area contributed by atoms with Crippen molar-refractivity contribution >= 4 is 43.0 Å². The average molecular weight is 374 g/mol. The van der Waals surface area contributed by atoms with Gasteiger partial charge in [0.25, 0.3) is 10.0 Å². The van der Waals surface area contributed by atoms with Gasteiger partial charge in [-0.3, -0.25) is 4.72 Å². The molecule has 2 aromatic rings. The second-order valence-corrected chi connectivity index (χ2v) is 8.81. The Balaban J connectivity index is 2.22. The van der Waals surface area contributed by atoms with Crippen LogP contribution in [0.25, 0.3) is 0 Å². The molecule has 0 aliphatic carbocycles. The first kappa shape index (κ1) is 15.5. The fourth-order valence-electron chi connectivity index (χ4n) is 1.94. The largest absolute Gasteiger partial charge is 0.280 e. The van der Waals surface area contributed by atoms with Crippen LogP contribution in [0.4, 0.5) is 5.69 Å². The van der Waals surface area contributed by atoms with Gasteiger partial charge in [-0.1, -0.05) is 25.5 Å². The molecule has 1 heterocycles. The van der Waals surface area contributed by atoms with Gasteiger partial charge in [0.1, 0.15) is 4.90 Å². The predicted octanol–water partition coefficient (Wildman–Crippen LogP) is 4.57. The van der Waals surface area contributed by atoms with Gasteiger partial charge in [-0.15, -0.1) is 11.3 Å². The number of anilines is 1. The van der Waals surface area contributed by atoms with Crippen LogP contribution in [0, 0.1) is 6.92 Å². The molecule has 3 nitrogen and oxygen atoms in total. The molecule has 108 valence electrons. The lowest BCUT2D eigenvalue weighted by atomic mass is 10.1. The fraction of sp³-hybridized carbons (Fsp3) is 0.286. The summed E-state index contributed by atoms with van der Waals surface area (Å²) in [4.78, 5) is 1.10. The Bertz CT molecular complexity index is 690. The Labute approximate surface area is 132 Å². The van der Waals surface area contributed by atoms with Crippen molar-refractivity contribution in [2.45, 2.75) is 31.6 Å². The maximum atomic E-state index is 12.3. The summed E-state index contributed by atoms with van der Waals surface area (Å²) in [5, 5.41) is 0. The molecule has 0 unspecified atom stereocenters. The number of rotatable bonds is 5. The molecule has 1 aromatic heterocycles. The first-order chi connectivity index (χ1) is 9.42. The minimum absolute atomic E-state index is 0.326. The zero-order valence-corrected chi connectivity index (χ0v) is 14.5. The molecule has 20 heavy (non-hydrogen) atoms. The van der Waals surface area contributed by atoms with E-state index in [4.69, 9.17) is 0 Å². The Kier molecular flexibility index (Phi) is 4.88. The molecule has 0 fully saturated rings. The maximum absolute atomic E-state index is 12.3. The van der Waals surface area contributed by atoms with Gasteiger partial charge in [0.05, 0.1) is 3.79 Å². The van der Waals surface area contributed by atoms with Gasteiger partial charge in [0.2, 0.25) is 0 Å². The second kappa shape index (κ2) is 6.28. The number of aryl methyl sites for hydroxylation is 2. The van der Waals surface area contributed by atoms with E-state index in [1.165, 1.54) is 16.9 Å². The molecule has 0 atom stereocenters. The summed E-state index contributed by atoms with van der Waals surface area (Å²) in [7, 11) is -3.52. The van der Waals surface area contributed by atoms with Gasteiger partial charge in [-0.05, 0) is 53.0 Å². The number of sulfonamides is 1. The van der Waals surface area contributed by atoms with Gasteiger partial charge in [-0.2, -0.15) is 0 Å². The zero-order valence-electron chi connectivity index (χ0n) is 11.3. The lowest BCUT2D eigenvalue weighted by Gasteiger charge is -2.08. The number of hydrogen-bond acceptors (Lipinski definition) is 3. The van der Waals surface area contributed by atoms with Crippen LogP contribution in [0.2, 0.25) is 0 Å². The fourth-order valence-corrected chi connectivity index (χ4v) is 5.41. The summed E-state index contributed by atoms with van der Waals surface area (Å²) < 4.78 is 28.1. The molecule has 1 aromatic carbocycles. The van der Waals surface area contributed by atoms with E-state index in [-0.39, 0.29) is 0 Å². The number of hydrogen-bond donors (Lipinski definition) is 1. The van der Waals surface area contributed by atoms with E-state index in [1.807, 2.05) is 12.1 Å². The van der Waals surface area contributed by atoms with E-state index in [1.54, 1.807) is 25.1 Å². The topological polar surface area (TPSA) is 46.2 Å². The lowest BCUT2D eigenvalue weighted by molar-refractivity contribution is 0.601. The Morgan fingerprint density at radius 1 is 1.25 bits per heavy atom. The van der Waals surface area contributed by atoms with Crippen LogP contribution in [0.1, 0.15) is 23.8 Å². The zero-order chi connectivity index (χ0) is 14.8. The predicted molar refractivity (Wildman–Crippen MR) is 88.0 cm³/mol. The smallest absolute Gasteiger partial charge is 0.263 e. The maximum Gasteiger partial charge on any atom is 0.263 e. The molecule has 0 saturated carbocycles. The lowest BCUT2D eigenvalue weighted by Crippen LogP contribution is -2.13. The van der Waals surface area contributed by atoms with Crippen LogP contribution >= 0.6 is 27.3 Å². The summed E-state index contributed by atoms with van der Waals surface area (Å²) >= 11 is 4.73. The van der Waals surface area contributed by atoms with Crippen LogP contribution in [-0.2, 0) is 16.4 Å². The van der Waals surface area contributed by atoms with Crippen LogP contribution in [-0.4, -0.2) is 8.42 Å². The standard InChI is InChI=1S/C14H16BrNO2S2/c1-3-4-11-5-7-12(8-6-11)16-20(17,18)13-9-14(15)19-10(13)2/h5-9,16H,3-4H2,1-2H3. The Hall–Kier alpha value is -0.850. The van der Waals surface area contributed by atoms with Gasteiger partial charge in [0.15, 0.2) is 0 Å². The summed E-state index contributed by atoms with van der Waals surface area (Å²) in [5.41, 5.74) is 1.80. The summed E-state index contributed by atoms with van der Waals surface area (Å²) in [6.45, 7) is 3.92. The van der Waals surface area contributed by atoms with Crippen molar-refractivity contribution in [3.8, 4) is 0 Å². The molecule has 0 spiro atoms. The molecule has 0 amide bonds. The average Bonchev–Trinajstić information content (AvgIpc) is 2.72. The Morgan fingerprint density at radius 3 is 2.40 bits per heavy atom. The molecule has 0 saturated heterocycles. The Morgan fingerprint density at radius 2 is 1.90 bits per heavy atom. The van der Waals surface area contributed by atoms with Crippen molar-refractivity contribution in [1.29, 1.82) is 0 Å². The molecule has 1 N–H and O–H groups in total. The van der Waals surface area contributed by atoms with E-state index in [0.717, 1.165) is 21.5 Å². The molecular weight excluding hydrogens is 358 g/mol. The van der Waals surface area contributed by atoms with Crippen molar-refractivity contribution in [1.82, 2.24) is 0 Å². The van der Waals surface area contributed by atoms with Crippen LogP contribution in [0.5, 0.6) is 0 Å². The minimum Gasteiger partial charge on any atom is -0.280 e. The highest BCUT2D eigenvalue weighted by Gasteiger charge is 2.19. The van der Waals surface area contributed by atoms with E-state index in [0.29, 0.717) is 10.6 Å². The molecule has 0 aliphatic rings. The third kappa shape index (κ3) is 3.62. The van der Waals surface area contributed by atoms with Gasteiger partial charge >= 0.3 is 0 Å². The molecule has 0 bridgehead atoms. The molecule has 0 radical (unpaired) electrons. The number of thiophene rings is 1. The van der Waals surface area contributed by atoms with E-state index in [2.05, 4.69) is 27.6 Å². The van der Waals surface area contributed by atoms with E-state index in [9.17, 15) is 8.42 Å². The third-order valence-corrected chi connectivity index (χ3v) is 6.07. The number of halogens is 1. The summed E-state index contributed by atoms with van der Waals surface area (Å²) in [6, 6.07) is 9.15. The van der Waals surface area contributed by atoms with Gasteiger partial charge in [0, 0.05) is 10.6 Å². The van der Waals surface area contributed by atoms with E-state index >= 15 is 0 Å². The minimum atomic E-state index is -3.52. The highest BCUT2D eigenvalue weighted by molar-refractivity contribution is 9.11. The van der Waals surface area contributed by atoms with Crippen molar-refractivity contribution in [3.05, 3.63) is 44.6 Å². The first-order valence-corrected chi connectivity index (χ1v) is 9.39. The van der Waals surface area contributed by atoms with Gasteiger partial charge < -0.3 is 0 Å². The highest BCUT2D eigenvalue weighted by atomic mass is 79.9. The highest BCUT2D eigenvalue weighted by Crippen LogP contribution is 2.30. The third-order valence-electron chi connectivity index (χ3n) is 2.88. The monoisotopic (exact) mass is 373 g/mol. The number of nitrogens with one attached hydrogen (secondary N) is 1. The van der Waals surface area contributed by atoms with Crippen LogP contribution in [0.15, 0.2) is 39.0 Å². The molecular formula is C14H16BrNO2S2. The van der Waals surface area contributed by atoms with Gasteiger partial charge in [-0.25, -0.2) is 8.42 Å². The first-order valence-electron chi connectivity index (χ1n) is 6.30. The van der Waals surface area contributed by atoms with E-state index < -0.39 is 10.0 Å². The van der Waals surface area contributed by atoms with Crippen molar-refractivity contribution in [2.24, 2.45) is 0 Å². The van der Waals surface area contributed by atoms with Crippen molar-refractivity contribution in [3.63, 3.8) is 0 Å². The SMILES string of the molecule is CCCc1ccc(NS(=O)(=O)c2cc(Br)sc2C)cc1. The molecule has 0 aliphatic heterocycles. The summed E-state index contributed by atoms with van der Waals surface area (Å²) in [5.74, 6) is 0. The summed E-state index contributed by atoms with van der Waals surface area (Å²) in [6.07, 6.45) is 2.08.